The Morgan fingerprint density at radius 2 is 2.28 bits per heavy atom. The fourth-order valence-electron chi connectivity index (χ4n) is 1.47. The molecule has 7 heteroatoms. The van der Waals surface area contributed by atoms with E-state index in [1.807, 2.05) is 11.4 Å². The van der Waals surface area contributed by atoms with Crippen LogP contribution in [-0.2, 0) is 13.1 Å². The van der Waals surface area contributed by atoms with Gasteiger partial charge in [0, 0.05) is 25.5 Å². The standard InChI is InChI=1S/C11H12BrN3OS2/c1-15(4-7-2-9(12)17-5-7)11(16)8-6-18-10(3-13)14-8/h2,5-6H,3-4,13H2,1H3. The minimum atomic E-state index is -0.0757. The van der Waals surface area contributed by atoms with E-state index in [1.54, 1.807) is 28.7 Å². The van der Waals surface area contributed by atoms with Crippen molar-refractivity contribution >= 4 is 44.5 Å². The highest BCUT2D eigenvalue weighted by Crippen LogP contribution is 2.22. The van der Waals surface area contributed by atoms with Gasteiger partial charge in [-0.15, -0.1) is 22.7 Å². The zero-order valence-electron chi connectivity index (χ0n) is 9.72. The third kappa shape index (κ3) is 3.17. The van der Waals surface area contributed by atoms with Crippen molar-refractivity contribution in [2.24, 2.45) is 5.73 Å². The largest absolute Gasteiger partial charge is 0.336 e. The second-order valence-electron chi connectivity index (χ2n) is 3.75. The summed E-state index contributed by atoms with van der Waals surface area (Å²) in [6.07, 6.45) is 0. The second-order valence-corrected chi connectivity index (χ2v) is 6.98. The molecule has 0 aromatic carbocycles. The molecule has 18 heavy (non-hydrogen) atoms. The molecule has 0 saturated carbocycles. The molecular formula is C11H12BrN3OS2. The van der Waals surface area contributed by atoms with Crippen LogP contribution in [0.15, 0.2) is 20.6 Å². The minimum absolute atomic E-state index is 0.0757. The van der Waals surface area contributed by atoms with E-state index < -0.39 is 0 Å². The van der Waals surface area contributed by atoms with E-state index in [0.29, 0.717) is 18.8 Å². The number of carbonyl (C=O) groups excluding carboxylic acids is 1. The fraction of sp³-hybridized carbons (Fsp3) is 0.273. The van der Waals surface area contributed by atoms with Crippen molar-refractivity contribution in [3.8, 4) is 0 Å². The molecule has 0 aliphatic carbocycles. The average Bonchev–Trinajstić information content (AvgIpc) is 2.97. The molecule has 0 aliphatic rings. The van der Waals surface area contributed by atoms with Gasteiger partial charge in [0.2, 0.25) is 0 Å². The van der Waals surface area contributed by atoms with Gasteiger partial charge in [-0.3, -0.25) is 4.79 Å². The van der Waals surface area contributed by atoms with E-state index in [1.165, 1.54) is 11.3 Å². The summed E-state index contributed by atoms with van der Waals surface area (Å²) >= 11 is 6.43. The van der Waals surface area contributed by atoms with Crippen LogP contribution in [-0.4, -0.2) is 22.8 Å². The van der Waals surface area contributed by atoms with Gasteiger partial charge in [-0.25, -0.2) is 4.98 Å². The fourth-order valence-corrected chi connectivity index (χ4v) is 3.32. The Labute approximate surface area is 122 Å². The Morgan fingerprint density at radius 1 is 1.50 bits per heavy atom. The van der Waals surface area contributed by atoms with Crippen LogP contribution in [0.4, 0.5) is 0 Å². The molecule has 0 saturated heterocycles. The first-order chi connectivity index (χ1) is 8.60. The molecule has 0 atom stereocenters. The first kappa shape index (κ1) is 13.7. The number of nitrogens with zero attached hydrogens (tertiary/aromatic N) is 2. The Kier molecular flexibility index (Phi) is 4.50. The van der Waals surface area contributed by atoms with Crippen LogP contribution in [0.25, 0.3) is 0 Å². The Bertz CT molecular complexity index is 552. The number of carbonyl (C=O) groups is 1. The van der Waals surface area contributed by atoms with Crippen LogP contribution >= 0.6 is 38.6 Å². The summed E-state index contributed by atoms with van der Waals surface area (Å²) in [6.45, 7) is 0.954. The summed E-state index contributed by atoms with van der Waals surface area (Å²) in [5, 5.41) is 4.56. The normalized spacial score (nSPS) is 10.6. The van der Waals surface area contributed by atoms with Crippen molar-refractivity contribution in [2.45, 2.75) is 13.1 Å². The zero-order chi connectivity index (χ0) is 13.1. The van der Waals surface area contributed by atoms with Gasteiger partial charge in [-0.05, 0) is 32.9 Å². The van der Waals surface area contributed by atoms with Gasteiger partial charge in [-0.1, -0.05) is 0 Å². The number of halogens is 1. The lowest BCUT2D eigenvalue weighted by atomic mass is 10.3. The molecule has 1 amide bonds. The summed E-state index contributed by atoms with van der Waals surface area (Å²) in [6, 6.07) is 2.01. The molecule has 2 heterocycles. The second kappa shape index (κ2) is 5.92. The topological polar surface area (TPSA) is 59.2 Å². The molecule has 4 nitrogen and oxygen atoms in total. The van der Waals surface area contributed by atoms with E-state index in [2.05, 4.69) is 20.9 Å². The highest BCUT2D eigenvalue weighted by Gasteiger charge is 2.15. The predicted octanol–water partition coefficient (Wildman–Crippen LogP) is 2.70. The van der Waals surface area contributed by atoms with E-state index in [0.717, 1.165) is 14.4 Å². The molecule has 0 spiro atoms. The van der Waals surface area contributed by atoms with Gasteiger partial charge in [0.25, 0.3) is 5.91 Å². The highest BCUT2D eigenvalue weighted by atomic mass is 79.9. The zero-order valence-corrected chi connectivity index (χ0v) is 12.9. The number of thiazole rings is 1. The SMILES string of the molecule is CN(Cc1csc(Br)c1)C(=O)c1csc(CN)n1. The van der Waals surface area contributed by atoms with Gasteiger partial charge in [0.15, 0.2) is 0 Å². The quantitative estimate of drug-likeness (QED) is 0.926. The van der Waals surface area contributed by atoms with Crippen molar-refractivity contribution in [3.63, 3.8) is 0 Å². The van der Waals surface area contributed by atoms with Gasteiger partial charge >= 0.3 is 0 Å². The van der Waals surface area contributed by atoms with Crippen LogP contribution < -0.4 is 5.73 Å². The molecule has 2 rings (SSSR count). The number of amides is 1. The molecule has 0 unspecified atom stereocenters. The van der Waals surface area contributed by atoms with Crippen LogP contribution in [0.2, 0.25) is 0 Å². The molecule has 2 aromatic heterocycles. The summed E-state index contributed by atoms with van der Waals surface area (Å²) < 4.78 is 1.07. The third-order valence-electron chi connectivity index (χ3n) is 2.33. The monoisotopic (exact) mass is 345 g/mol. The smallest absolute Gasteiger partial charge is 0.273 e. The first-order valence-corrected chi connectivity index (χ1v) is 7.78. The van der Waals surface area contributed by atoms with E-state index in [9.17, 15) is 4.79 Å². The van der Waals surface area contributed by atoms with Gasteiger partial charge in [-0.2, -0.15) is 0 Å². The van der Waals surface area contributed by atoms with Gasteiger partial charge in [0.1, 0.15) is 10.7 Å². The number of hydrogen-bond donors (Lipinski definition) is 1. The Morgan fingerprint density at radius 3 is 2.83 bits per heavy atom. The van der Waals surface area contributed by atoms with Gasteiger partial charge < -0.3 is 10.6 Å². The first-order valence-electron chi connectivity index (χ1n) is 5.23. The molecule has 0 fully saturated rings. The molecule has 2 aromatic rings. The predicted molar refractivity (Wildman–Crippen MR) is 77.8 cm³/mol. The summed E-state index contributed by atoms with van der Waals surface area (Å²) in [7, 11) is 1.77. The summed E-state index contributed by atoms with van der Waals surface area (Å²) in [4.78, 5) is 18.0. The van der Waals surface area contributed by atoms with Crippen LogP contribution in [0, 0.1) is 0 Å². The Hall–Kier alpha value is -0.760. The number of aromatic nitrogens is 1. The molecule has 2 N–H and O–H groups in total. The maximum absolute atomic E-state index is 12.1. The minimum Gasteiger partial charge on any atom is -0.336 e. The van der Waals surface area contributed by atoms with E-state index in [4.69, 9.17) is 5.73 Å². The summed E-state index contributed by atoms with van der Waals surface area (Å²) in [5.41, 5.74) is 7.06. The summed E-state index contributed by atoms with van der Waals surface area (Å²) in [5.74, 6) is -0.0757. The van der Waals surface area contributed by atoms with Crippen LogP contribution in [0.5, 0.6) is 0 Å². The maximum atomic E-state index is 12.1. The third-order valence-corrected chi connectivity index (χ3v) is 4.76. The van der Waals surface area contributed by atoms with Crippen molar-refractivity contribution in [2.75, 3.05) is 7.05 Å². The van der Waals surface area contributed by atoms with Crippen molar-refractivity contribution < 1.29 is 4.79 Å². The molecule has 0 radical (unpaired) electrons. The van der Waals surface area contributed by atoms with Crippen LogP contribution in [0.3, 0.4) is 0 Å². The lowest BCUT2D eigenvalue weighted by Gasteiger charge is -2.14. The number of hydrogen-bond acceptors (Lipinski definition) is 5. The number of rotatable bonds is 4. The van der Waals surface area contributed by atoms with Crippen molar-refractivity contribution in [1.29, 1.82) is 0 Å². The lowest BCUT2D eigenvalue weighted by molar-refractivity contribution is 0.0780. The van der Waals surface area contributed by atoms with Gasteiger partial charge in [0.05, 0.1) is 3.79 Å². The van der Waals surface area contributed by atoms with Crippen molar-refractivity contribution in [1.82, 2.24) is 9.88 Å². The molecule has 0 aliphatic heterocycles. The lowest BCUT2D eigenvalue weighted by Crippen LogP contribution is -2.26. The number of nitrogens with two attached hydrogens (primary N) is 1. The van der Waals surface area contributed by atoms with Crippen LogP contribution in [0.1, 0.15) is 21.1 Å². The van der Waals surface area contributed by atoms with E-state index in [-0.39, 0.29) is 5.91 Å². The highest BCUT2D eigenvalue weighted by molar-refractivity contribution is 9.11. The Balaban J connectivity index is 2.04. The molecular weight excluding hydrogens is 334 g/mol. The van der Waals surface area contributed by atoms with Crippen molar-refractivity contribution in [3.05, 3.63) is 36.9 Å². The maximum Gasteiger partial charge on any atom is 0.273 e. The molecule has 96 valence electrons. The molecule has 0 bridgehead atoms. The number of thiophene rings is 1. The average molecular weight is 346 g/mol. The van der Waals surface area contributed by atoms with E-state index >= 15 is 0 Å².